The highest BCUT2D eigenvalue weighted by molar-refractivity contribution is 7.92. The molecule has 3 heterocycles. The zero-order chi connectivity index (χ0) is 26.2. The van der Waals surface area contributed by atoms with Crippen LogP contribution in [-0.4, -0.2) is 46.7 Å². The van der Waals surface area contributed by atoms with Gasteiger partial charge in [0, 0.05) is 24.4 Å². The lowest BCUT2D eigenvalue weighted by Crippen LogP contribution is -2.26. The SMILES string of the molecule is CCc1ccc(-c2[nH]nc3nc(-c4ccc(S(=O)(=O)N(C)c5cccnc5)cc4)cc(C(=O)O)c23)cc1. The molecule has 0 spiro atoms. The van der Waals surface area contributed by atoms with Crippen molar-refractivity contribution in [1.29, 1.82) is 0 Å². The number of rotatable bonds is 7. The number of H-pyrrole nitrogens is 1. The van der Waals surface area contributed by atoms with E-state index < -0.39 is 16.0 Å². The van der Waals surface area contributed by atoms with Crippen molar-refractivity contribution in [1.82, 2.24) is 20.2 Å². The predicted molar refractivity (Wildman–Crippen MR) is 141 cm³/mol. The minimum Gasteiger partial charge on any atom is -0.478 e. The van der Waals surface area contributed by atoms with E-state index in [1.54, 1.807) is 30.5 Å². The van der Waals surface area contributed by atoms with E-state index in [1.807, 2.05) is 24.3 Å². The molecule has 186 valence electrons. The van der Waals surface area contributed by atoms with E-state index in [0.717, 1.165) is 16.3 Å². The highest BCUT2D eigenvalue weighted by Crippen LogP contribution is 2.32. The first kappa shape index (κ1) is 24.1. The monoisotopic (exact) mass is 513 g/mol. The summed E-state index contributed by atoms with van der Waals surface area (Å²) in [7, 11) is -2.36. The highest BCUT2D eigenvalue weighted by Gasteiger charge is 2.23. The van der Waals surface area contributed by atoms with Gasteiger partial charge in [0.2, 0.25) is 0 Å². The molecule has 0 radical (unpaired) electrons. The van der Waals surface area contributed by atoms with Crippen LogP contribution in [0.5, 0.6) is 0 Å². The maximum atomic E-state index is 13.1. The van der Waals surface area contributed by atoms with Gasteiger partial charge in [-0.1, -0.05) is 43.3 Å². The number of pyridine rings is 2. The van der Waals surface area contributed by atoms with Crippen LogP contribution < -0.4 is 4.31 Å². The topological polar surface area (TPSA) is 129 Å². The van der Waals surface area contributed by atoms with E-state index >= 15 is 0 Å². The average Bonchev–Trinajstić information content (AvgIpc) is 3.36. The molecule has 0 bridgehead atoms. The van der Waals surface area contributed by atoms with E-state index in [0.29, 0.717) is 28.0 Å². The molecule has 5 aromatic rings. The molecule has 10 heteroatoms. The quantitative estimate of drug-likeness (QED) is 0.321. The summed E-state index contributed by atoms with van der Waals surface area (Å²) in [5, 5.41) is 17.6. The number of carbonyl (C=O) groups is 1. The third-order valence-corrected chi connectivity index (χ3v) is 8.02. The average molecular weight is 514 g/mol. The molecule has 0 fully saturated rings. The lowest BCUT2D eigenvalue weighted by atomic mass is 10.0. The van der Waals surface area contributed by atoms with Crippen LogP contribution >= 0.6 is 0 Å². The summed E-state index contributed by atoms with van der Waals surface area (Å²) in [6, 6.07) is 18.8. The number of aromatic nitrogens is 4. The van der Waals surface area contributed by atoms with Gasteiger partial charge >= 0.3 is 5.97 Å². The summed E-state index contributed by atoms with van der Waals surface area (Å²) in [5.74, 6) is -1.11. The number of sulfonamides is 1. The maximum Gasteiger partial charge on any atom is 0.336 e. The lowest BCUT2D eigenvalue weighted by molar-refractivity contribution is 0.0699. The van der Waals surface area contributed by atoms with Crippen LogP contribution in [0, 0.1) is 0 Å². The molecule has 9 nitrogen and oxygen atoms in total. The van der Waals surface area contributed by atoms with Gasteiger partial charge in [0.15, 0.2) is 5.65 Å². The number of hydrogen-bond acceptors (Lipinski definition) is 6. The smallest absolute Gasteiger partial charge is 0.336 e. The number of anilines is 1. The standard InChI is InChI=1S/C27H23N5O4S/c1-3-17-6-8-19(9-7-17)25-24-22(27(33)34)15-23(29-26(24)31-30-25)18-10-12-21(13-11-18)37(35,36)32(2)20-5-4-14-28-16-20/h4-16H,3H2,1-2H3,(H,33,34)(H,29,30,31). The maximum absolute atomic E-state index is 13.1. The van der Waals surface area contributed by atoms with Crippen LogP contribution in [0.3, 0.4) is 0 Å². The van der Waals surface area contributed by atoms with Crippen LogP contribution in [0.15, 0.2) is 84.0 Å². The molecular weight excluding hydrogens is 490 g/mol. The highest BCUT2D eigenvalue weighted by atomic mass is 32.2. The molecule has 0 saturated heterocycles. The van der Waals surface area contributed by atoms with Crippen LogP contribution in [0.2, 0.25) is 0 Å². The predicted octanol–water partition coefficient (Wildman–Crippen LogP) is 4.77. The summed E-state index contributed by atoms with van der Waals surface area (Å²) >= 11 is 0. The molecule has 2 N–H and O–H groups in total. The van der Waals surface area contributed by atoms with Crippen molar-refractivity contribution in [3.63, 3.8) is 0 Å². The largest absolute Gasteiger partial charge is 0.478 e. The number of aryl methyl sites for hydroxylation is 1. The van der Waals surface area contributed by atoms with Crippen LogP contribution in [0.1, 0.15) is 22.8 Å². The summed E-state index contributed by atoms with van der Waals surface area (Å²) in [4.78, 5) is 20.8. The Balaban J connectivity index is 1.53. The van der Waals surface area contributed by atoms with Crippen LogP contribution in [0.4, 0.5) is 5.69 Å². The molecule has 37 heavy (non-hydrogen) atoms. The molecule has 0 aliphatic carbocycles. The fraction of sp³-hybridized carbons (Fsp3) is 0.111. The van der Waals surface area contributed by atoms with Crippen molar-refractivity contribution in [2.75, 3.05) is 11.4 Å². The number of benzene rings is 2. The summed E-state index contributed by atoms with van der Waals surface area (Å²) in [6.45, 7) is 2.07. The Kier molecular flexibility index (Phi) is 6.18. The minimum absolute atomic E-state index is 0.0522. The Morgan fingerprint density at radius 1 is 1.03 bits per heavy atom. The Morgan fingerprint density at radius 2 is 1.73 bits per heavy atom. The van der Waals surface area contributed by atoms with Crippen molar-refractivity contribution in [3.8, 4) is 22.5 Å². The lowest BCUT2D eigenvalue weighted by Gasteiger charge is -2.19. The van der Waals surface area contributed by atoms with E-state index in [2.05, 4.69) is 27.1 Å². The fourth-order valence-electron chi connectivity index (χ4n) is 4.09. The van der Waals surface area contributed by atoms with Gasteiger partial charge in [0.05, 0.1) is 39.1 Å². The minimum atomic E-state index is -3.82. The second kappa shape index (κ2) is 9.47. The third-order valence-electron chi connectivity index (χ3n) is 6.22. The summed E-state index contributed by atoms with van der Waals surface area (Å²) in [5.41, 5.74) is 4.23. The van der Waals surface area contributed by atoms with E-state index in [1.165, 1.54) is 37.0 Å². The van der Waals surface area contributed by atoms with Gasteiger partial charge in [0.1, 0.15) is 0 Å². The number of hydrogen-bond donors (Lipinski definition) is 2. The molecule has 0 aliphatic heterocycles. The Hall–Kier alpha value is -4.57. The first-order valence-corrected chi connectivity index (χ1v) is 12.9. The number of fused-ring (bicyclic) bond motifs is 1. The molecular formula is C27H23N5O4S. The molecule has 0 unspecified atom stereocenters. The first-order chi connectivity index (χ1) is 17.8. The van der Waals surface area contributed by atoms with Gasteiger partial charge in [-0.15, -0.1) is 0 Å². The van der Waals surface area contributed by atoms with E-state index in [9.17, 15) is 18.3 Å². The van der Waals surface area contributed by atoms with Crippen molar-refractivity contribution in [2.24, 2.45) is 0 Å². The van der Waals surface area contributed by atoms with Crippen molar-refractivity contribution < 1.29 is 18.3 Å². The number of nitrogens with one attached hydrogen (secondary N) is 1. The van der Waals surface area contributed by atoms with Gasteiger partial charge in [-0.3, -0.25) is 14.4 Å². The zero-order valence-corrected chi connectivity index (χ0v) is 20.9. The van der Waals surface area contributed by atoms with Gasteiger partial charge in [0.25, 0.3) is 10.0 Å². The number of aromatic amines is 1. The normalized spacial score (nSPS) is 11.5. The number of nitrogens with zero attached hydrogens (tertiary/aromatic N) is 4. The number of carboxylic acids is 1. The Morgan fingerprint density at radius 3 is 2.35 bits per heavy atom. The van der Waals surface area contributed by atoms with Crippen LogP contribution in [0.25, 0.3) is 33.5 Å². The molecule has 0 saturated carbocycles. The van der Waals surface area contributed by atoms with Crippen molar-refractivity contribution in [3.05, 3.63) is 90.3 Å². The second-order valence-corrected chi connectivity index (χ2v) is 10.4. The van der Waals surface area contributed by atoms with Gasteiger partial charge in [-0.05, 0) is 42.3 Å². The summed E-state index contributed by atoms with van der Waals surface area (Å²) < 4.78 is 27.3. The first-order valence-electron chi connectivity index (χ1n) is 11.5. The molecule has 0 atom stereocenters. The Bertz CT molecular complexity index is 1700. The van der Waals surface area contributed by atoms with Gasteiger partial charge in [-0.2, -0.15) is 5.10 Å². The van der Waals surface area contributed by atoms with Crippen LogP contribution in [-0.2, 0) is 16.4 Å². The molecule has 0 amide bonds. The number of aromatic carboxylic acids is 1. The third kappa shape index (κ3) is 4.43. The molecule has 2 aromatic carbocycles. The fourth-order valence-corrected chi connectivity index (χ4v) is 5.27. The number of carboxylic acid groups (broad SMARTS) is 1. The van der Waals surface area contributed by atoms with Gasteiger partial charge < -0.3 is 5.11 Å². The summed E-state index contributed by atoms with van der Waals surface area (Å²) in [6.07, 6.45) is 3.93. The molecule has 0 aliphatic rings. The van der Waals surface area contributed by atoms with Crippen molar-refractivity contribution in [2.45, 2.75) is 18.2 Å². The van der Waals surface area contributed by atoms with Crippen molar-refractivity contribution >= 4 is 32.7 Å². The molecule has 3 aromatic heterocycles. The van der Waals surface area contributed by atoms with E-state index in [4.69, 9.17) is 0 Å². The van der Waals surface area contributed by atoms with E-state index in [-0.39, 0.29) is 16.1 Å². The van der Waals surface area contributed by atoms with Gasteiger partial charge in [-0.25, -0.2) is 18.2 Å². The molecule has 5 rings (SSSR count). The second-order valence-electron chi connectivity index (χ2n) is 8.42. The Labute approximate surface area is 213 Å². The zero-order valence-electron chi connectivity index (χ0n) is 20.1.